The van der Waals surface area contributed by atoms with Crippen LogP contribution in [-0.4, -0.2) is 9.97 Å². The van der Waals surface area contributed by atoms with Crippen LogP contribution in [-0.2, 0) is 0 Å². The lowest BCUT2D eigenvalue weighted by molar-refractivity contribution is 0.684. The van der Waals surface area contributed by atoms with E-state index in [0.29, 0.717) is 16.8 Å². The van der Waals surface area contributed by atoms with Gasteiger partial charge in [0.2, 0.25) is 5.95 Å². The van der Waals surface area contributed by atoms with Crippen molar-refractivity contribution in [3.8, 4) is 0 Å². The smallest absolute Gasteiger partial charge is 0.239 e. The van der Waals surface area contributed by atoms with Crippen molar-refractivity contribution in [2.75, 3.05) is 10.7 Å². The van der Waals surface area contributed by atoms with Gasteiger partial charge in [-0.1, -0.05) is 31.0 Å². The Kier molecular flexibility index (Phi) is 4.95. The van der Waals surface area contributed by atoms with Gasteiger partial charge in [0, 0.05) is 4.88 Å². The number of nitrogens with one attached hydrogen (secondary N) is 2. The number of nitrogens with zero attached hydrogens (tertiary/aromatic N) is 2. The van der Waals surface area contributed by atoms with E-state index in [9.17, 15) is 0 Å². The number of hydrogen-bond donors (Lipinski definition) is 3. The van der Waals surface area contributed by atoms with E-state index in [1.54, 1.807) is 11.3 Å². The van der Waals surface area contributed by atoms with Crippen molar-refractivity contribution in [3.63, 3.8) is 0 Å². The number of halogens is 1. The van der Waals surface area contributed by atoms with E-state index >= 15 is 0 Å². The summed E-state index contributed by atoms with van der Waals surface area (Å²) < 4.78 is 0. The second kappa shape index (κ2) is 6.70. The maximum absolute atomic E-state index is 6.11. The highest BCUT2D eigenvalue weighted by molar-refractivity contribution is 7.10. The normalized spacial score (nSPS) is 12.2. The molecule has 7 heteroatoms. The van der Waals surface area contributed by atoms with E-state index in [4.69, 9.17) is 17.4 Å². The summed E-state index contributed by atoms with van der Waals surface area (Å²) in [6.45, 7) is 2.15. The molecule has 102 valence electrons. The van der Waals surface area contributed by atoms with Crippen molar-refractivity contribution in [2.45, 2.75) is 25.8 Å². The third kappa shape index (κ3) is 3.56. The van der Waals surface area contributed by atoms with Crippen LogP contribution >= 0.6 is 22.9 Å². The van der Waals surface area contributed by atoms with Crippen molar-refractivity contribution < 1.29 is 0 Å². The quantitative estimate of drug-likeness (QED) is 0.562. The molecular formula is C12H16ClN5S. The zero-order valence-corrected chi connectivity index (χ0v) is 12.1. The Balaban J connectivity index is 2.21. The fourth-order valence-electron chi connectivity index (χ4n) is 1.77. The number of thiophene rings is 1. The lowest BCUT2D eigenvalue weighted by Gasteiger charge is -2.18. The lowest BCUT2D eigenvalue weighted by Crippen LogP contribution is -2.14. The first-order chi connectivity index (χ1) is 9.24. The minimum atomic E-state index is 0.197. The van der Waals surface area contributed by atoms with Gasteiger partial charge in [-0.2, -0.15) is 4.98 Å². The SMILES string of the molecule is CCCC(Nc1nc(NN)ncc1Cl)c1cccs1. The van der Waals surface area contributed by atoms with Crippen molar-refractivity contribution >= 4 is 34.7 Å². The van der Waals surface area contributed by atoms with E-state index in [-0.39, 0.29) is 6.04 Å². The molecule has 19 heavy (non-hydrogen) atoms. The largest absolute Gasteiger partial charge is 0.361 e. The van der Waals surface area contributed by atoms with Gasteiger partial charge in [-0.25, -0.2) is 10.8 Å². The van der Waals surface area contributed by atoms with Crippen molar-refractivity contribution in [2.24, 2.45) is 5.84 Å². The van der Waals surface area contributed by atoms with E-state index in [1.165, 1.54) is 11.1 Å². The van der Waals surface area contributed by atoms with Crippen LogP contribution in [0.1, 0.15) is 30.7 Å². The number of aromatic nitrogens is 2. The fourth-order valence-corrected chi connectivity index (χ4v) is 2.72. The van der Waals surface area contributed by atoms with Crippen molar-refractivity contribution in [1.82, 2.24) is 9.97 Å². The molecule has 2 aromatic rings. The first-order valence-corrected chi connectivity index (χ1v) is 7.29. The third-order valence-corrected chi connectivity index (χ3v) is 3.91. The van der Waals surface area contributed by atoms with Gasteiger partial charge in [0.15, 0.2) is 5.82 Å². The van der Waals surface area contributed by atoms with Gasteiger partial charge in [-0.05, 0) is 17.9 Å². The van der Waals surface area contributed by atoms with Gasteiger partial charge in [0.25, 0.3) is 0 Å². The first-order valence-electron chi connectivity index (χ1n) is 6.03. The maximum Gasteiger partial charge on any atom is 0.239 e. The summed E-state index contributed by atoms with van der Waals surface area (Å²) in [6.07, 6.45) is 3.61. The van der Waals surface area contributed by atoms with Gasteiger partial charge in [0.05, 0.1) is 12.2 Å². The van der Waals surface area contributed by atoms with Crippen LogP contribution in [0.2, 0.25) is 5.02 Å². The number of hydrazine groups is 1. The Morgan fingerprint density at radius 1 is 1.53 bits per heavy atom. The average molecular weight is 298 g/mol. The highest BCUT2D eigenvalue weighted by atomic mass is 35.5. The Hall–Kier alpha value is -1.37. The van der Waals surface area contributed by atoms with Crippen LogP contribution in [0, 0.1) is 0 Å². The Bertz CT molecular complexity index is 517. The second-order valence-electron chi connectivity index (χ2n) is 4.04. The summed E-state index contributed by atoms with van der Waals surface area (Å²) in [6, 6.07) is 4.34. The lowest BCUT2D eigenvalue weighted by atomic mass is 10.1. The molecule has 0 amide bonds. The third-order valence-electron chi connectivity index (χ3n) is 2.65. The first kappa shape index (κ1) is 14.0. The predicted molar refractivity (Wildman–Crippen MR) is 80.4 cm³/mol. The van der Waals surface area contributed by atoms with E-state index in [2.05, 4.69) is 39.1 Å². The maximum atomic E-state index is 6.11. The summed E-state index contributed by atoms with van der Waals surface area (Å²) in [5.41, 5.74) is 2.42. The molecule has 2 heterocycles. The highest BCUT2D eigenvalue weighted by Crippen LogP contribution is 2.29. The van der Waals surface area contributed by atoms with Crippen LogP contribution in [0.4, 0.5) is 11.8 Å². The molecule has 5 nitrogen and oxygen atoms in total. The van der Waals surface area contributed by atoms with Crippen LogP contribution in [0.15, 0.2) is 23.7 Å². The topological polar surface area (TPSA) is 75.9 Å². The van der Waals surface area contributed by atoms with Crippen LogP contribution in [0.5, 0.6) is 0 Å². The monoisotopic (exact) mass is 297 g/mol. The molecule has 1 unspecified atom stereocenters. The molecule has 0 spiro atoms. The van der Waals surface area contributed by atoms with Gasteiger partial charge in [-0.15, -0.1) is 11.3 Å². The molecule has 0 aliphatic rings. The highest BCUT2D eigenvalue weighted by Gasteiger charge is 2.14. The molecule has 0 aromatic carbocycles. The van der Waals surface area contributed by atoms with Crippen molar-refractivity contribution in [1.29, 1.82) is 0 Å². The number of nitrogens with two attached hydrogens (primary N) is 1. The molecule has 4 N–H and O–H groups in total. The molecule has 0 aliphatic carbocycles. The number of rotatable bonds is 6. The Morgan fingerprint density at radius 3 is 3.00 bits per heavy atom. The molecular weight excluding hydrogens is 282 g/mol. The van der Waals surface area contributed by atoms with Crippen molar-refractivity contribution in [3.05, 3.63) is 33.6 Å². The minimum absolute atomic E-state index is 0.197. The molecule has 2 rings (SSSR count). The summed E-state index contributed by atoms with van der Waals surface area (Å²) >= 11 is 7.82. The van der Waals surface area contributed by atoms with Gasteiger partial charge >= 0.3 is 0 Å². The zero-order chi connectivity index (χ0) is 13.7. The van der Waals surface area contributed by atoms with E-state index < -0.39 is 0 Å². The summed E-state index contributed by atoms with van der Waals surface area (Å²) in [4.78, 5) is 9.46. The molecule has 0 saturated carbocycles. The molecule has 0 radical (unpaired) electrons. The van der Waals surface area contributed by atoms with Crippen LogP contribution < -0.4 is 16.6 Å². The van der Waals surface area contributed by atoms with Crippen LogP contribution in [0.3, 0.4) is 0 Å². The van der Waals surface area contributed by atoms with Gasteiger partial charge in [-0.3, -0.25) is 5.43 Å². The predicted octanol–water partition coefficient (Wildman–Crippen LogP) is 3.43. The molecule has 1 atom stereocenters. The molecule has 0 saturated heterocycles. The van der Waals surface area contributed by atoms with Gasteiger partial charge < -0.3 is 5.32 Å². The standard InChI is InChI=1S/C12H16ClN5S/c1-2-4-9(10-5-3-6-19-10)16-11-8(13)7-15-12(17-11)18-14/h3,5-7,9H,2,4,14H2,1H3,(H2,15,16,17,18). The molecule has 2 aromatic heterocycles. The second-order valence-corrected chi connectivity index (χ2v) is 5.42. The summed E-state index contributed by atoms with van der Waals surface area (Å²) in [5, 5.41) is 5.90. The number of anilines is 2. The van der Waals surface area contributed by atoms with E-state index in [0.717, 1.165) is 12.8 Å². The number of hydrogen-bond acceptors (Lipinski definition) is 6. The Morgan fingerprint density at radius 2 is 2.37 bits per heavy atom. The molecule has 0 bridgehead atoms. The summed E-state index contributed by atoms with van der Waals surface area (Å²) in [7, 11) is 0. The van der Waals surface area contributed by atoms with Crippen LogP contribution in [0.25, 0.3) is 0 Å². The minimum Gasteiger partial charge on any atom is -0.361 e. The molecule has 0 aliphatic heterocycles. The fraction of sp³-hybridized carbons (Fsp3) is 0.333. The zero-order valence-electron chi connectivity index (χ0n) is 10.6. The van der Waals surface area contributed by atoms with E-state index in [1.807, 2.05) is 6.07 Å². The Labute approximate surface area is 121 Å². The molecule has 0 fully saturated rings. The average Bonchev–Trinajstić information content (AvgIpc) is 2.94. The number of nitrogen functional groups attached to an aromatic ring is 1. The summed E-state index contributed by atoms with van der Waals surface area (Å²) in [5.74, 6) is 6.24. The van der Waals surface area contributed by atoms with Gasteiger partial charge in [0.1, 0.15) is 5.02 Å².